The Morgan fingerprint density at radius 1 is 1.07 bits per heavy atom. The zero-order valence-electron chi connectivity index (χ0n) is 16.3. The van der Waals surface area contributed by atoms with Crippen molar-refractivity contribution in [1.29, 1.82) is 0 Å². The van der Waals surface area contributed by atoms with E-state index in [0.29, 0.717) is 29.4 Å². The maximum atomic E-state index is 12.4. The lowest BCUT2D eigenvalue weighted by atomic mass is 10.1. The first-order valence-electron chi connectivity index (χ1n) is 8.80. The normalized spacial score (nSPS) is 11.3. The van der Waals surface area contributed by atoms with Crippen LogP contribution in [-0.4, -0.2) is 37.5 Å². The molecule has 0 aliphatic heterocycles. The maximum Gasteiger partial charge on any atom is 0.339 e. The van der Waals surface area contributed by atoms with E-state index < -0.39 is 18.0 Å². The molecule has 1 amide bonds. The Bertz CT molecular complexity index is 877. The monoisotopic (exact) mass is 385 g/mol. The predicted octanol–water partition coefficient (Wildman–Crippen LogP) is 3.48. The van der Waals surface area contributed by atoms with Gasteiger partial charge in [0.2, 0.25) is 0 Å². The number of ketones is 1. The van der Waals surface area contributed by atoms with Gasteiger partial charge >= 0.3 is 5.97 Å². The van der Waals surface area contributed by atoms with Gasteiger partial charge in [-0.3, -0.25) is 9.59 Å². The summed E-state index contributed by atoms with van der Waals surface area (Å²) in [5, 5.41) is 2.62. The number of benzene rings is 2. The maximum absolute atomic E-state index is 12.4. The molecule has 1 N–H and O–H groups in total. The summed E-state index contributed by atoms with van der Waals surface area (Å²) in [4.78, 5) is 36.4. The van der Waals surface area contributed by atoms with Gasteiger partial charge < -0.3 is 19.5 Å². The molecule has 2 aromatic rings. The van der Waals surface area contributed by atoms with Crippen LogP contribution in [0.5, 0.6) is 11.5 Å². The first kappa shape index (κ1) is 21.0. The smallest absolute Gasteiger partial charge is 0.339 e. The minimum Gasteiger partial charge on any atom is -0.493 e. The Morgan fingerprint density at radius 3 is 2.43 bits per heavy atom. The summed E-state index contributed by atoms with van der Waals surface area (Å²) in [6, 6.07) is 11.2. The second kappa shape index (κ2) is 9.55. The summed E-state index contributed by atoms with van der Waals surface area (Å²) in [6.07, 6.45) is -1.06. The van der Waals surface area contributed by atoms with Crippen LogP contribution in [-0.2, 0) is 9.53 Å². The second-order valence-electron chi connectivity index (χ2n) is 5.94. The number of hydrogen-bond acceptors (Lipinski definition) is 6. The van der Waals surface area contributed by atoms with Crippen LogP contribution < -0.4 is 14.8 Å². The Morgan fingerprint density at radius 2 is 1.79 bits per heavy atom. The molecule has 1 unspecified atom stereocenters. The highest BCUT2D eigenvalue weighted by molar-refractivity contribution is 6.05. The summed E-state index contributed by atoms with van der Waals surface area (Å²) >= 11 is 0. The zero-order valence-corrected chi connectivity index (χ0v) is 16.3. The molecule has 0 spiro atoms. The molecular weight excluding hydrogens is 362 g/mol. The van der Waals surface area contributed by atoms with E-state index in [4.69, 9.17) is 14.2 Å². The molecule has 0 saturated carbocycles. The van der Waals surface area contributed by atoms with E-state index in [1.165, 1.54) is 33.1 Å². The van der Waals surface area contributed by atoms with Crippen molar-refractivity contribution >= 4 is 23.3 Å². The van der Waals surface area contributed by atoms with Crippen LogP contribution in [0.4, 0.5) is 5.69 Å². The van der Waals surface area contributed by atoms with Crippen LogP contribution in [0.1, 0.15) is 41.5 Å². The van der Waals surface area contributed by atoms with Gasteiger partial charge in [-0.25, -0.2) is 4.79 Å². The number of Topliss-reactive ketones (excluding diaryl/α,β-unsaturated/α-hetero) is 1. The third kappa shape index (κ3) is 5.09. The first-order valence-corrected chi connectivity index (χ1v) is 8.80. The van der Waals surface area contributed by atoms with Gasteiger partial charge in [-0.1, -0.05) is 12.1 Å². The van der Waals surface area contributed by atoms with E-state index in [1.807, 2.05) is 6.92 Å². The average Bonchev–Trinajstić information content (AvgIpc) is 2.68. The van der Waals surface area contributed by atoms with Crippen LogP contribution in [0.25, 0.3) is 0 Å². The summed E-state index contributed by atoms with van der Waals surface area (Å²) in [5.41, 5.74) is 0.977. The van der Waals surface area contributed by atoms with E-state index in [2.05, 4.69) is 5.32 Å². The first-order chi connectivity index (χ1) is 13.4. The molecule has 0 aliphatic carbocycles. The number of carbonyl (C=O) groups excluding carboxylic acids is 3. The van der Waals surface area contributed by atoms with Crippen molar-refractivity contribution in [1.82, 2.24) is 0 Å². The molecule has 7 heteroatoms. The SMILES string of the molecule is CCOc1cc(C(=O)OC(C)C(=O)Nc2ccccc2C(C)=O)ccc1OC. The standard InChI is InChI=1S/C21H23NO6/c1-5-27-19-12-15(10-11-18(19)26-4)21(25)28-14(3)20(24)22-17-9-7-6-8-16(17)13(2)23/h6-12,14H,5H2,1-4H3,(H,22,24). The fraction of sp³-hybridized carbons (Fsp3) is 0.286. The zero-order chi connectivity index (χ0) is 20.7. The highest BCUT2D eigenvalue weighted by Crippen LogP contribution is 2.28. The molecular formula is C21H23NO6. The molecule has 2 aromatic carbocycles. The van der Waals surface area contributed by atoms with Crippen molar-refractivity contribution in [2.75, 3.05) is 19.0 Å². The summed E-state index contributed by atoms with van der Waals surface area (Å²) in [5.74, 6) is -0.495. The average molecular weight is 385 g/mol. The van der Waals surface area contributed by atoms with Gasteiger partial charge in [0, 0.05) is 5.56 Å². The molecule has 0 aliphatic rings. The highest BCUT2D eigenvalue weighted by atomic mass is 16.5. The summed E-state index contributed by atoms with van der Waals surface area (Å²) in [6.45, 7) is 5.09. The second-order valence-corrected chi connectivity index (χ2v) is 5.94. The van der Waals surface area contributed by atoms with E-state index in [1.54, 1.807) is 30.3 Å². The minimum atomic E-state index is -1.06. The van der Waals surface area contributed by atoms with Crippen LogP contribution in [0, 0.1) is 0 Å². The minimum absolute atomic E-state index is 0.178. The molecule has 0 saturated heterocycles. The van der Waals surface area contributed by atoms with Gasteiger partial charge in [0.15, 0.2) is 23.4 Å². The largest absolute Gasteiger partial charge is 0.493 e. The Hall–Kier alpha value is -3.35. The van der Waals surface area contributed by atoms with Crippen molar-refractivity contribution in [3.8, 4) is 11.5 Å². The molecule has 28 heavy (non-hydrogen) atoms. The van der Waals surface area contributed by atoms with Gasteiger partial charge in [0.25, 0.3) is 5.91 Å². The molecule has 0 fully saturated rings. The number of rotatable bonds is 8. The number of amides is 1. The number of hydrogen-bond donors (Lipinski definition) is 1. The lowest BCUT2D eigenvalue weighted by molar-refractivity contribution is -0.123. The number of ether oxygens (including phenoxy) is 3. The van der Waals surface area contributed by atoms with Crippen LogP contribution in [0.15, 0.2) is 42.5 Å². The van der Waals surface area contributed by atoms with Gasteiger partial charge in [0.1, 0.15) is 0 Å². The topological polar surface area (TPSA) is 90.9 Å². The van der Waals surface area contributed by atoms with Crippen molar-refractivity contribution in [3.63, 3.8) is 0 Å². The van der Waals surface area contributed by atoms with Crippen LogP contribution >= 0.6 is 0 Å². The van der Waals surface area contributed by atoms with Crippen LogP contribution in [0.3, 0.4) is 0 Å². The third-order valence-electron chi connectivity index (χ3n) is 3.92. The van der Waals surface area contributed by atoms with Crippen molar-refractivity contribution in [3.05, 3.63) is 53.6 Å². The fourth-order valence-corrected chi connectivity index (χ4v) is 2.49. The van der Waals surface area contributed by atoms with Crippen molar-refractivity contribution in [2.45, 2.75) is 26.9 Å². The highest BCUT2D eigenvalue weighted by Gasteiger charge is 2.21. The Kier molecular flexibility index (Phi) is 7.14. The van der Waals surface area contributed by atoms with E-state index >= 15 is 0 Å². The molecule has 0 aromatic heterocycles. The predicted molar refractivity (Wildman–Crippen MR) is 104 cm³/mol. The quantitative estimate of drug-likeness (QED) is 0.553. The van der Waals surface area contributed by atoms with E-state index in [9.17, 15) is 14.4 Å². The number of anilines is 1. The molecule has 0 heterocycles. The number of methoxy groups -OCH3 is 1. The van der Waals surface area contributed by atoms with E-state index in [0.717, 1.165) is 0 Å². The van der Waals surface area contributed by atoms with Crippen molar-refractivity contribution in [2.24, 2.45) is 0 Å². The van der Waals surface area contributed by atoms with Crippen LogP contribution in [0.2, 0.25) is 0 Å². The van der Waals surface area contributed by atoms with Crippen molar-refractivity contribution < 1.29 is 28.6 Å². The molecule has 0 radical (unpaired) electrons. The summed E-state index contributed by atoms with van der Waals surface area (Å²) in [7, 11) is 1.50. The molecule has 1 atom stereocenters. The Balaban J connectivity index is 2.09. The van der Waals surface area contributed by atoms with Gasteiger partial charge in [-0.2, -0.15) is 0 Å². The molecule has 7 nitrogen and oxygen atoms in total. The number of carbonyl (C=O) groups is 3. The summed E-state index contributed by atoms with van der Waals surface area (Å²) < 4.78 is 15.9. The lowest BCUT2D eigenvalue weighted by Gasteiger charge is -2.16. The number of nitrogens with one attached hydrogen (secondary N) is 1. The third-order valence-corrected chi connectivity index (χ3v) is 3.92. The number of esters is 1. The molecule has 2 rings (SSSR count). The van der Waals surface area contributed by atoms with Gasteiger partial charge in [0.05, 0.1) is 25.0 Å². The van der Waals surface area contributed by atoms with E-state index in [-0.39, 0.29) is 11.3 Å². The number of para-hydroxylation sites is 1. The molecule has 148 valence electrons. The van der Waals surface area contributed by atoms with Gasteiger partial charge in [-0.15, -0.1) is 0 Å². The fourth-order valence-electron chi connectivity index (χ4n) is 2.49. The molecule has 0 bridgehead atoms. The van der Waals surface area contributed by atoms with Gasteiger partial charge in [-0.05, 0) is 51.1 Å². The Labute approximate surface area is 163 Å². The lowest BCUT2D eigenvalue weighted by Crippen LogP contribution is -2.30.